The standard InChI is InChI=1S/C30H22N4O7S.4CH4.Na/c1-18-3-10-23(11-4-18)39-24-12-5-21(6-13-24)29-33-34-30(41-29)22-9-16-26(27(17-22)42(35,36)37)40-25-14-7-20(8-15-25)28-32-31-19(2)38-28;;;;;/h3-17H,1-2H3,(H,35,36,37);4*1H4;/q;;;;;+1/p-1. The van der Waals surface area contributed by atoms with E-state index in [1.54, 1.807) is 55.5 Å². The molecule has 0 aliphatic carbocycles. The maximum atomic E-state index is 12.1. The summed E-state index contributed by atoms with van der Waals surface area (Å²) in [5, 5.41) is 15.8. The summed E-state index contributed by atoms with van der Waals surface area (Å²) in [5.41, 5.74) is 2.64. The Labute approximate surface area is 298 Å². The number of ether oxygens (including phenoxy) is 2. The van der Waals surface area contributed by atoms with E-state index in [-0.39, 0.29) is 82.4 Å². The fourth-order valence-electron chi connectivity index (χ4n) is 3.99. The maximum absolute atomic E-state index is 12.1. The van der Waals surface area contributed by atoms with Crippen LogP contribution in [0.25, 0.3) is 34.4 Å². The molecule has 0 aliphatic heterocycles. The van der Waals surface area contributed by atoms with Crippen molar-refractivity contribution in [3.63, 3.8) is 0 Å². The molecule has 0 unspecified atom stereocenters. The summed E-state index contributed by atoms with van der Waals surface area (Å²) in [6.45, 7) is 3.68. The number of aromatic nitrogens is 4. The first-order chi connectivity index (χ1) is 20.2. The van der Waals surface area contributed by atoms with Gasteiger partial charge in [-0.3, -0.25) is 0 Å². The third-order valence-corrected chi connectivity index (χ3v) is 6.96. The van der Waals surface area contributed by atoms with Crippen LogP contribution in [0.1, 0.15) is 41.2 Å². The molecule has 2 aromatic heterocycles. The Bertz CT molecular complexity index is 1970. The number of rotatable bonds is 8. The average molecular weight is 669 g/mol. The number of hydrogen-bond acceptors (Lipinski definition) is 11. The van der Waals surface area contributed by atoms with E-state index in [2.05, 4.69) is 20.4 Å². The zero-order chi connectivity index (χ0) is 29.3. The molecule has 0 spiro atoms. The fraction of sp³-hybridized carbons (Fsp3) is 0.176. The van der Waals surface area contributed by atoms with Crippen molar-refractivity contribution in [3.05, 3.63) is 102 Å². The van der Waals surface area contributed by atoms with Crippen LogP contribution >= 0.6 is 0 Å². The zero-order valence-corrected chi connectivity index (χ0v) is 26.0. The van der Waals surface area contributed by atoms with Crippen molar-refractivity contribution in [1.29, 1.82) is 0 Å². The van der Waals surface area contributed by atoms with Crippen LogP contribution in [0.3, 0.4) is 0 Å². The van der Waals surface area contributed by atoms with Crippen molar-refractivity contribution in [2.45, 2.75) is 48.4 Å². The fourth-order valence-corrected chi connectivity index (χ4v) is 4.62. The first-order valence-corrected chi connectivity index (χ1v) is 14.0. The van der Waals surface area contributed by atoms with Crippen molar-refractivity contribution in [2.24, 2.45) is 0 Å². The van der Waals surface area contributed by atoms with E-state index in [9.17, 15) is 13.0 Å². The second kappa shape index (κ2) is 17.0. The van der Waals surface area contributed by atoms with Gasteiger partial charge in [0.1, 0.15) is 33.1 Å². The largest absolute Gasteiger partial charge is 1.00 e. The van der Waals surface area contributed by atoms with Crippen molar-refractivity contribution in [3.8, 4) is 57.4 Å². The normalized spacial score (nSPS) is 10.2. The van der Waals surface area contributed by atoms with Gasteiger partial charge in [0.05, 0.1) is 4.90 Å². The van der Waals surface area contributed by atoms with Gasteiger partial charge in [0.15, 0.2) is 0 Å². The number of nitrogens with zero attached hydrogens (tertiary/aromatic N) is 4. The molecule has 0 saturated carbocycles. The van der Waals surface area contributed by atoms with E-state index in [0.717, 1.165) is 11.6 Å². The molecule has 2 heterocycles. The van der Waals surface area contributed by atoms with Gasteiger partial charge in [0.25, 0.3) is 0 Å². The van der Waals surface area contributed by atoms with E-state index in [1.807, 2.05) is 31.2 Å². The molecule has 4 aromatic carbocycles. The molecule has 0 aliphatic rings. The van der Waals surface area contributed by atoms with Crippen LogP contribution in [0.4, 0.5) is 0 Å². The van der Waals surface area contributed by atoms with Gasteiger partial charge in [-0.05, 0) is 85.8 Å². The number of aryl methyl sites for hydroxylation is 2. The van der Waals surface area contributed by atoms with Crippen LogP contribution < -0.4 is 39.0 Å². The van der Waals surface area contributed by atoms with Crippen molar-refractivity contribution in [2.75, 3.05) is 0 Å². The van der Waals surface area contributed by atoms with E-state index in [4.69, 9.17) is 18.3 Å². The van der Waals surface area contributed by atoms with Gasteiger partial charge in [0.2, 0.25) is 23.6 Å². The van der Waals surface area contributed by atoms with Crippen LogP contribution in [0.2, 0.25) is 0 Å². The molecule has 11 nitrogen and oxygen atoms in total. The molecule has 0 saturated heterocycles. The predicted molar refractivity (Wildman–Crippen MR) is 176 cm³/mol. The molecule has 0 fully saturated rings. The van der Waals surface area contributed by atoms with Crippen LogP contribution in [-0.2, 0) is 10.1 Å². The summed E-state index contributed by atoms with van der Waals surface area (Å²) in [5.74, 6) is 2.46. The minimum absolute atomic E-state index is 0. The van der Waals surface area contributed by atoms with Gasteiger partial charge in [-0.2, -0.15) is 0 Å². The minimum atomic E-state index is -4.92. The molecule has 0 bridgehead atoms. The van der Waals surface area contributed by atoms with Gasteiger partial charge >= 0.3 is 29.6 Å². The Kier molecular flexibility index (Phi) is 14.7. The summed E-state index contributed by atoms with van der Waals surface area (Å²) in [6, 6.07) is 25.3. The Hall–Kier alpha value is -4.33. The molecule has 0 N–H and O–H groups in total. The molecule has 47 heavy (non-hydrogen) atoms. The SMILES string of the molecule is C.C.C.C.Cc1ccc(Oc2ccc(-c3nnc(-c4ccc(Oc5ccc(-c6nnc(C)o6)cc5)c(S(=O)(=O)[O-])c4)o3)cc2)cc1.[Na+]. The van der Waals surface area contributed by atoms with Gasteiger partial charge < -0.3 is 22.9 Å². The van der Waals surface area contributed by atoms with Gasteiger partial charge in [0, 0.05) is 23.6 Å². The summed E-state index contributed by atoms with van der Waals surface area (Å²) in [4.78, 5) is -0.575. The third kappa shape index (κ3) is 9.60. The second-order valence-electron chi connectivity index (χ2n) is 9.22. The van der Waals surface area contributed by atoms with E-state index in [0.29, 0.717) is 40.2 Å². The smallest absolute Gasteiger partial charge is 0.744 e. The molecule has 6 aromatic rings. The minimum Gasteiger partial charge on any atom is -0.744 e. The molecule has 0 radical (unpaired) electrons. The summed E-state index contributed by atoms with van der Waals surface area (Å²) in [7, 11) is -4.92. The molecular formula is C34H37N4NaO7S. The summed E-state index contributed by atoms with van der Waals surface area (Å²) in [6.07, 6.45) is 0. The van der Waals surface area contributed by atoms with Crippen LogP contribution in [0.5, 0.6) is 23.0 Å². The monoisotopic (exact) mass is 668 g/mol. The van der Waals surface area contributed by atoms with Crippen molar-refractivity contribution in [1.82, 2.24) is 20.4 Å². The van der Waals surface area contributed by atoms with E-state index < -0.39 is 15.0 Å². The Morgan fingerprint density at radius 1 is 0.574 bits per heavy atom. The number of hydrogen-bond donors (Lipinski definition) is 0. The molecule has 0 amide bonds. The van der Waals surface area contributed by atoms with E-state index >= 15 is 0 Å². The molecule has 0 atom stereocenters. The van der Waals surface area contributed by atoms with Gasteiger partial charge in [-0.1, -0.05) is 47.4 Å². The molecule has 13 heteroatoms. The van der Waals surface area contributed by atoms with Crippen LogP contribution in [-0.4, -0.2) is 33.4 Å². The zero-order valence-electron chi connectivity index (χ0n) is 23.2. The maximum Gasteiger partial charge on any atom is 1.00 e. The predicted octanol–water partition coefficient (Wildman–Crippen LogP) is 6.11. The topological polar surface area (TPSA) is 154 Å². The quantitative estimate of drug-likeness (QED) is 0.136. The van der Waals surface area contributed by atoms with Gasteiger partial charge in [-0.25, -0.2) is 8.42 Å². The molecule has 6 rings (SSSR count). The summed E-state index contributed by atoms with van der Waals surface area (Å²) < 4.78 is 59.2. The number of benzene rings is 4. The Balaban J connectivity index is 0.00000221. The van der Waals surface area contributed by atoms with Crippen LogP contribution in [0.15, 0.2) is 105 Å². The second-order valence-corrected chi connectivity index (χ2v) is 10.6. The first kappa shape index (κ1) is 40.7. The Morgan fingerprint density at radius 2 is 1.00 bits per heavy atom. The van der Waals surface area contributed by atoms with Crippen molar-refractivity contribution >= 4 is 10.1 Å². The first-order valence-electron chi connectivity index (χ1n) is 12.6. The van der Waals surface area contributed by atoms with Crippen molar-refractivity contribution < 1.29 is 60.8 Å². The Morgan fingerprint density at radius 3 is 1.49 bits per heavy atom. The third-order valence-electron chi connectivity index (χ3n) is 6.10. The van der Waals surface area contributed by atoms with Crippen LogP contribution in [0, 0.1) is 13.8 Å². The van der Waals surface area contributed by atoms with E-state index in [1.165, 1.54) is 12.1 Å². The average Bonchev–Trinajstić information content (AvgIpc) is 3.65. The molecule has 242 valence electrons. The van der Waals surface area contributed by atoms with Gasteiger partial charge in [-0.15, -0.1) is 20.4 Å². The summed E-state index contributed by atoms with van der Waals surface area (Å²) >= 11 is 0. The molecular weight excluding hydrogens is 631 g/mol.